The van der Waals surface area contributed by atoms with Gasteiger partial charge in [0, 0.05) is 11.9 Å². The Morgan fingerprint density at radius 2 is 1.78 bits per heavy atom. The molecule has 0 aliphatic heterocycles. The number of pyridine rings is 1. The van der Waals surface area contributed by atoms with Crippen LogP contribution < -0.4 is 11.4 Å². The topological polar surface area (TPSA) is 76.7 Å². The van der Waals surface area contributed by atoms with Crippen LogP contribution in [0.3, 0.4) is 0 Å². The van der Waals surface area contributed by atoms with Crippen LogP contribution in [0.5, 0.6) is 0 Å². The van der Waals surface area contributed by atoms with E-state index in [4.69, 9.17) is 5.73 Å². The van der Waals surface area contributed by atoms with Crippen molar-refractivity contribution in [3.8, 4) is 0 Å². The summed E-state index contributed by atoms with van der Waals surface area (Å²) in [5, 5.41) is 0.933. The van der Waals surface area contributed by atoms with Crippen LogP contribution in [-0.2, 0) is 13.0 Å². The maximum Gasteiger partial charge on any atom is 0.326 e. The van der Waals surface area contributed by atoms with Crippen molar-refractivity contribution in [1.82, 2.24) is 14.5 Å². The van der Waals surface area contributed by atoms with Gasteiger partial charge < -0.3 is 10.7 Å². The number of aromatic amines is 1. The van der Waals surface area contributed by atoms with Crippen molar-refractivity contribution in [3.05, 3.63) is 70.6 Å². The molecule has 0 unspecified atom stereocenters. The van der Waals surface area contributed by atoms with E-state index in [1.54, 1.807) is 4.57 Å². The van der Waals surface area contributed by atoms with Crippen molar-refractivity contribution in [2.45, 2.75) is 13.0 Å². The van der Waals surface area contributed by atoms with Crippen LogP contribution in [0, 0.1) is 0 Å². The fourth-order valence-corrected chi connectivity index (χ4v) is 2.99. The second kappa shape index (κ2) is 5.28. The highest BCUT2D eigenvalue weighted by molar-refractivity contribution is 6.06. The van der Waals surface area contributed by atoms with Crippen molar-refractivity contribution in [2.24, 2.45) is 0 Å². The third-order valence-electron chi connectivity index (χ3n) is 4.11. The third kappa shape index (κ3) is 2.26. The van der Waals surface area contributed by atoms with Crippen molar-refractivity contribution >= 4 is 27.8 Å². The second-order valence-electron chi connectivity index (χ2n) is 5.56. The van der Waals surface area contributed by atoms with Gasteiger partial charge in [-0.25, -0.2) is 9.78 Å². The van der Waals surface area contributed by atoms with E-state index >= 15 is 0 Å². The van der Waals surface area contributed by atoms with Gasteiger partial charge in [0.25, 0.3) is 0 Å². The van der Waals surface area contributed by atoms with E-state index in [1.807, 2.05) is 42.5 Å². The zero-order valence-corrected chi connectivity index (χ0v) is 12.5. The van der Waals surface area contributed by atoms with E-state index < -0.39 is 0 Å². The van der Waals surface area contributed by atoms with E-state index in [0.717, 1.165) is 22.8 Å². The van der Waals surface area contributed by atoms with Gasteiger partial charge in [-0.15, -0.1) is 0 Å². The number of benzene rings is 2. The fourth-order valence-electron chi connectivity index (χ4n) is 2.99. The largest absolute Gasteiger partial charge is 0.382 e. The van der Waals surface area contributed by atoms with E-state index in [1.165, 1.54) is 5.56 Å². The highest BCUT2D eigenvalue weighted by atomic mass is 16.1. The number of hydrogen-bond acceptors (Lipinski definition) is 3. The zero-order chi connectivity index (χ0) is 15.8. The molecule has 4 rings (SSSR count). The van der Waals surface area contributed by atoms with Gasteiger partial charge in [0.1, 0.15) is 11.3 Å². The van der Waals surface area contributed by atoms with Gasteiger partial charge in [0.15, 0.2) is 0 Å². The number of nitrogens with one attached hydrogen (secondary N) is 1. The summed E-state index contributed by atoms with van der Waals surface area (Å²) in [6.45, 7) is 0.594. The molecule has 114 valence electrons. The first-order chi connectivity index (χ1) is 11.2. The predicted octanol–water partition coefficient (Wildman–Crippen LogP) is 2.70. The van der Waals surface area contributed by atoms with Crippen LogP contribution in [0.25, 0.3) is 21.9 Å². The standard InChI is InChI=1S/C18H16N4O/c19-17-15-16(13-8-4-5-9-14(13)20-17)22(18(23)21-15)11-10-12-6-2-1-3-7-12/h1-9H,10-11H2,(H2,19,20)(H,21,23). The molecule has 0 amide bonds. The van der Waals surface area contributed by atoms with Crippen molar-refractivity contribution in [2.75, 3.05) is 5.73 Å². The van der Waals surface area contributed by atoms with Crippen LogP contribution in [0.4, 0.5) is 5.82 Å². The summed E-state index contributed by atoms with van der Waals surface area (Å²) in [7, 11) is 0. The Hall–Kier alpha value is -3.08. The lowest BCUT2D eigenvalue weighted by Gasteiger charge is -2.07. The van der Waals surface area contributed by atoms with Gasteiger partial charge in [0.05, 0.1) is 11.0 Å². The summed E-state index contributed by atoms with van der Waals surface area (Å²) in [6, 6.07) is 17.9. The van der Waals surface area contributed by atoms with Gasteiger partial charge in [0.2, 0.25) is 0 Å². The molecule has 0 saturated heterocycles. The molecule has 23 heavy (non-hydrogen) atoms. The van der Waals surface area contributed by atoms with Gasteiger partial charge in [-0.05, 0) is 18.1 Å². The molecule has 0 fully saturated rings. The number of aryl methyl sites for hydroxylation is 2. The maximum atomic E-state index is 12.4. The van der Waals surface area contributed by atoms with E-state index in [9.17, 15) is 4.79 Å². The average Bonchev–Trinajstić information content (AvgIpc) is 2.91. The third-order valence-corrected chi connectivity index (χ3v) is 4.11. The predicted molar refractivity (Wildman–Crippen MR) is 92.4 cm³/mol. The number of anilines is 1. The van der Waals surface area contributed by atoms with E-state index in [-0.39, 0.29) is 5.69 Å². The molecule has 2 aromatic heterocycles. The zero-order valence-electron chi connectivity index (χ0n) is 12.5. The quantitative estimate of drug-likeness (QED) is 0.611. The molecule has 0 bridgehead atoms. The minimum absolute atomic E-state index is 0.152. The van der Waals surface area contributed by atoms with Crippen LogP contribution in [0.15, 0.2) is 59.4 Å². The number of fused-ring (bicyclic) bond motifs is 3. The van der Waals surface area contributed by atoms with Crippen molar-refractivity contribution in [1.29, 1.82) is 0 Å². The van der Waals surface area contributed by atoms with Gasteiger partial charge >= 0.3 is 5.69 Å². The molecule has 5 nitrogen and oxygen atoms in total. The van der Waals surface area contributed by atoms with Crippen molar-refractivity contribution < 1.29 is 0 Å². The Morgan fingerprint density at radius 1 is 1.04 bits per heavy atom. The van der Waals surface area contributed by atoms with Gasteiger partial charge in [-0.1, -0.05) is 48.5 Å². The summed E-state index contributed by atoms with van der Waals surface area (Å²) >= 11 is 0. The van der Waals surface area contributed by atoms with Crippen LogP contribution in [-0.4, -0.2) is 14.5 Å². The normalized spacial score (nSPS) is 11.3. The minimum Gasteiger partial charge on any atom is -0.382 e. The molecular weight excluding hydrogens is 288 g/mol. The lowest BCUT2D eigenvalue weighted by molar-refractivity contribution is 0.692. The summed E-state index contributed by atoms with van der Waals surface area (Å²) in [6.07, 6.45) is 0.782. The fraction of sp³-hybridized carbons (Fsp3) is 0.111. The Kier molecular flexibility index (Phi) is 3.12. The highest BCUT2D eigenvalue weighted by Gasteiger charge is 2.14. The number of imidazole rings is 1. The molecule has 0 aliphatic carbocycles. The summed E-state index contributed by atoms with van der Waals surface area (Å²) in [5.74, 6) is 0.356. The molecule has 0 spiro atoms. The Balaban J connectivity index is 1.89. The monoisotopic (exact) mass is 304 g/mol. The molecule has 0 radical (unpaired) electrons. The number of H-pyrrole nitrogens is 1. The average molecular weight is 304 g/mol. The van der Waals surface area contributed by atoms with Gasteiger partial charge in [-0.3, -0.25) is 4.57 Å². The maximum absolute atomic E-state index is 12.4. The number of nitrogens with two attached hydrogens (primary N) is 1. The smallest absolute Gasteiger partial charge is 0.326 e. The molecular formula is C18H16N4O. The van der Waals surface area contributed by atoms with Crippen LogP contribution in [0.2, 0.25) is 0 Å². The first-order valence-corrected chi connectivity index (χ1v) is 7.55. The summed E-state index contributed by atoms with van der Waals surface area (Å²) < 4.78 is 1.75. The SMILES string of the molecule is Nc1nc2ccccc2c2c1[nH]c(=O)n2CCc1ccccc1. The number of hydrogen-bond donors (Lipinski definition) is 2. The number of rotatable bonds is 3. The van der Waals surface area contributed by atoms with Crippen molar-refractivity contribution in [3.63, 3.8) is 0 Å². The number of para-hydroxylation sites is 1. The number of aromatic nitrogens is 3. The van der Waals surface area contributed by atoms with E-state index in [0.29, 0.717) is 17.9 Å². The molecule has 2 heterocycles. The van der Waals surface area contributed by atoms with Crippen LogP contribution >= 0.6 is 0 Å². The first kappa shape index (κ1) is 13.6. The number of nitrogen functional groups attached to an aromatic ring is 1. The molecule has 0 saturated carbocycles. The number of nitrogens with zero attached hydrogens (tertiary/aromatic N) is 2. The summed E-state index contributed by atoms with van der Waals surface area (Å²) in [5.41, 5.74) is 9.30. The Morgan fingerprint density at radius 3 is 2.61 bits per heavy atom. The molecule has 3 N–H and O–H groups in total. The molecule has 0 aliphatic rings. The molecule has 5 heteroatoms. The Bertz CT molecular complexity index is 1050. The van der Waals surface area contributed by atoms with Gasteiger partial charge in [-0.2, -0.15) is 0 Å². The molecule has 0 atom stereocenters. The van der Waals surface area contributed by atoms with Crippen LogP contribution in [0.1, 0.15) is 5.56 Å². The molecule has 2 aromatic carbocycles. The Labute approximate surface area is 132 Å². The molecule has 4 aromatic rings. The lowest BCUT2D eigenvalue weighted by atomic mass is 10.1. The lowest BCUT2D eigenvalue weighted by Crippen LogP contribution is -2.18. The van der Waals surface area contributed by atoms with E-state index in [2.05, 4.69) is 22.1 Å². The second-order valence-corrected chi connectivity index (χ2v) is 5.56. The minimum atomic E-state index is -0.152. The first-order valence-electron chi connectivity index (χ1n) is 7.55. The summed E-state index contributed by atoms with van der Waals surface area (Å²) in [4.78, 5) is 19.6. The highest BCUT2D eigenvalue weighted by Crippen LogP contribution is 2.25.